The van der Waals surface area contributed by atoms with Gasteiger partial charge in [0.25, 0.3) is 0 Å². The molecule has 0 amide bonds. The molecule has 0 bridgehead atoms. The summed E-state index contributed by atoms with van der Waals surface area (Å²) in [4.78, 5) is 3.44. The van der Waals surface area contributed by atoms with Gasteiger partial charge in [-0.2, -0.15) is 5.26 Å². The maximum atomic E-state index is 12.4. The second-order valence-electron chi connectivity index (χ2n) is 1.70. The molecule has 3 nitrogen and oxygen atoms in total. The number of hydrogen-bond donors (Lipinski definition) is 1. The van der Waals surface area contributed by atoms with Crippen molar-refractivity contribution in [3.8, 4) is 6.07 Å². The first-order valence-corrected chi connectivity index (χ1v) is 2.55. The van der Waals surface area contributed by atoms with Gasteiger partial charge in [0, 0.05) is 6.07 Å². The quantitative estimate of drug-likeness (QED) is 0.571. The van der Waals surface area contributed by atoms with Crippen molar-refractivity contribution in [3.63, 3.8) is 0 Å². The molecule has 0 aliphatic heterocycles. The van der Waals surface area contributed by atoms with Crippen LogP contribution in [0.4, 0.5) is 10.2 Å². The summed E-state index contributed by atoms with van der Waals surface area (Å²) in [6, 6.07) is 2.83. The van der Waals surface area contributed by atoms with Crippen molar-refractivity contribution in [2.75, 3.05) is 5.73 Å². The maximum absolute atomic E-state index is 12.4. The number of halogens is 1. The number of rotatable bonds is 0. The maximum Gasteiger partial charge on any atom is 0.159 e. The lowest BCUT2D eigenvalue weighted by atomic mass is 10.3. The zero-order valence-corrected chi connectivity index (χ0v) is 5.00. The van der Waals surface area contributed by atoms with Gasteiger partial charge in [0.05, 0.1) is 11.8 Å². The molecule has 50 valence electrons. The average Bonchev–Trinajstić information content (AvgIpc) is 1.94. The van der Waals surface area contributed by atoms with Crippen molar-refractivity contribution in [2.24, 2.45) is 0 Å². The van der Waals surface area contributed by atoms with E-state index in [0.29, 0.717) is 0 Å². The minimum Gasteiger partial charge on any atom is -0.384 e. The molecule has 0 fully saturated rings. The van der Waals surface area contributed by atoms with Gasteiger partial charge in [-0.15, -0.1) is 0 Å². The van der Waals surface area contributed by atoms with Crippen molar-refractivity contribution in [1.29, 1.82) is 5.26 Å². The van der Waals surface area contributed by atoms with Crippen LogP contribution in [0.3, 0.4) is 0 Å². The van der Waals surface area contributed by atoms with Crippen LogP contribution < -0.4 is 5.73 Å². The Kier molecular flexibility index (Phi) is 1.50. The summed E-state index contributed by atoms with van der Waals surface area (Å²) < 4.78 is 12.4. The van der Waals surface area contributed by atoms with Gasteiger partial charge in [-0.25, -0.2) is 9.37 Å². The second kappa shape index (κ2) is 2.31. The molecular formula is C6H4FN3. The molecule has 0 aliphatic rings. The monoisotopic (exact) mass is 137 g/mol. The topological polar surface area (TPSA) is 62.7 Å². The molecule has 1 aromatic heterocycles. The van der Waals surface area contributed by atoms with E-state index in [-0.39, 0.29) is 11.4 Å². The Morgan fingerprint density at radius 2 is 2.40 bits per heavy atom. The molecule has 0 unspecified atom stereocenters. The third-order valence-electron chi connectivity index (χ3n) is 0.997. The third-order valence-corrected chi connectivity index (χ3v) is 0.997. The molecular weight excluding hydrogens is 133 g/mol. The van der Waals surface area contributed by atoms with E-state index in [9.17, 15) is 4.39 Å². The van der Waals surface area contributed by atoms with Crippen molar-refractivity contribution in [1.82, 2.24) is 4.98 Å². The van der Waals surface area contributed by atoms with Crippen LogP contribution in [0.2, 0.25) is 0 Å². The van der Waals surface area contributed by atoms with Crippen LogP contribution in [-0.2, 0) is 0 Å². The van der Waals surface area contributed by atoms with Gasteiger partial charge < -0.3 is 5.73 Å². The van der Waals surface area contributed by atoms with E-state index in [1.54, 1.807) is 6.07 Å². The zero-order valence-electron chi connectivity index (χ0n) is 5.00. The minimum atomic E-state index is -0.642. The summed E-state index contributed by atoms with van der Waals surface area (Å²) in [6.07, 6.45) is 0.924. The number of aromatic nitrogens is 1. The van der Waals surface area contributed by atoms with Gasteiger partial charge >= 0.3 is 0 Å². The molecule has 4 heteroatoms. The van der Waals surface area contributed by atoms with E-state index in [0.717, 1.165) is 6.20 Å². The molecule has 2 N–H and O–H groups in total. The Morgan fingerprint density at radius 3 is 2.90 bits per heavy atom. The van der Waals surface area contributed by atoms with E-state index < -0.39 is 5.82 Å². The smallest absolute Gasteiger partial charge is 0.159 e. The Labute approximate surface area is 56.9 Å². The van der Waals surface area contributed by atoms with E-state index >= 15 is 0 Å². The fourth-order valence-corrected chi connectivity index (χ4v) is 0.541. The van der Waals surface area contributed by atoms with Crippen LogP contribution in [0.15, 0.2) is 12.3 Å². The highest BCUT2D eigenvalue weighted by Gasteiger charge is 1.99. The summed E-state index contributed by atoms with van der Waals surface area (Å²) in [5, 5.41) is 8.27. The highest BCUT2D eigenvalue weighted by Crippen LogP contribution is 2.06. The second-order valence-corrected chi connectivity index (χ2v) is 1.70. The number of nitrogens with zero attached hydrogens (tertiary/aromatic N) is 2. The molecule has 0 radical (unpaired) electrons. The number of nitrogen functional groups attached to an aromatic ring is 1. The van der Waals surface area contributed by atoms with Gasteiger partial charge in [-0.1, -0.05) is 0 Å². The normalized spacial score (nSPS) is 8.80. The number of nitrogens with two attached hydrogens (primary N) is 1. The predicted octanol–water partition coefficient (Wildman–Crippen LogP) is 0.675. The molecule has 10 heavy (non-hydrogen) atoms. The van der Waals surface area contributed by atoms with Crippen molar-refractivity contribution < 1.29 is 4.39 Å². The molecule has 0 saturated heterocycles. The van der Waals surface area contributed by atoms with E-state index in [4.69, 9.17) is 11.0 Å². The molecule has 0 atom stereocenters. The van der Waals surface area contributed by atoms with E-state index in [2.05, 4.69) is 4.98 Å². The zero-order chi connectivity index (χ0) is 7.56. The average molecular weight is 137 g/mol. The Morgan fingerprint density at radius 1 is 1.70 bits per heavy atom. The molecule has 0 aliphatic carbocycles. The van der Waals surface area contributed by atoms with Gasteiger partial charge in [0.1, 0.15) is 11.9 Å². The number of anilines is 1. The van der Waals surface area contributed by atoms with Crippen LogP contribution in [-0.4, -0.2) is 4.98 Å². The lowest BCUT2D eigenvalue weighted by molar-refractivity contribution is 0.618. The van der Waals surface area contributed by atoms with Crippen LogP contribution in [0.1, 0.15) is 5.56 Å². The van der Waals surface area contributed by atoms with E-state index in [1.807, 2.05) is 0 Å². The summed E-state index contributed by atoms with van der Waals surface area (Å²) in [7, 11) is 0. The largest absolute Gasteiger partial charge is 0.384 e. The highest BCUT2D eigenvalue weighted by atomic mass is 19.1. The minimum absolute atomic E-state index is 0.0764. The first-order valence-electron chi connectivity index (χ1n) is 2.55. The summed E-state index contributed by atoms with van der Waals surface area (Å²) in [6.45, 7) is 0. The van der Waals surface area contributed by atoms with Crippen LogP contribution in [0, 0.1) is 17.1 Å². The Balaban J connectivity index is 3.25. The summed E-state index contributed by atoms with van der Waals surface area (Å²) in [5.74, 6) is -0.491. The first kappa shape index (κ1) is 6.49. The van der Waals surface area contributed by atoms with Gasteiger partial charge in [0.15, 0.2) is 5.82 Å². The fourth-order valence-electron chi connectivity index (χ4n) is 0.541. The van der Waals surface area contributed by atoms with Gasteiger partial charge in [0.2, 0.25) is 0 Å². The van der Waals surface area contributed by atoms with Crippen molar-refractivity contribution in [3.05, 3.63) is 23.6 Å². The van der Waals surface area contributed by atoms with Crippen molar-refractivity contribution >= 4 is 5.82 Å². The molecule has 1 heterocycles. The summed E-state index contributed by atoms with van der Waals surface area (Å²) in [5.41, 5.74) is 5.10. The highest BCUT2D eigenvalue weighted by molar-refractivity contribution is 5.39. The first-order chi connectivity index (χ1) is 4.74. The van der Waals surface area contributed by atoms with Crippen LogP contribution in [0.5, 0.6) is 0 Å². The molecule has 0 saturated carbocycles. The van der Waals surface area contributed by atoms with Gasteiger partial charge in [-0.3, -0.25) is 0 Å². The predicted molar refractivity (Wildman–Crippen MR) is 33.3 cm³/mol. The number of hydrogen-bond acceptors (Lipinski definition) is 3. The third kappa shape index (κ3) is 1.03. The number of nitriles is 1. The van der Waals surface area contributed by atoms with Crippen LogP contribution in [0.25, 0.3) is 0 Å². The lowest BCUT2D eigenvalue weighted by Crippen LogP contribution is -1.92. The van der Waals surface area contributed by atoms with Crippen molar-refractivity contribution in [2.45, 2.75) is 0 Å². The van der Waals surface area contributed by atoms with E-state index in [1.165, 1.54) is 6.07 Å². The fraction of sp³-hybridized carbons (Fsp3) is 0. The number of pyridine rings is 1. The standard InChI is InChI=1S/C6H4FN3/c7-5-3-10-6(9)1-4(5)2-8/h1,3H,(H2,9,10). The Bertz CT molecular complexity index is 290. The molecule has 1 aromatic rings. The summed E-state index contributed by atoms with van der Waals surface area (Å²) >= 11 is 0. The van der Waals surface area contributed by atoms with Crippen LogP contribution >= 0.6 is 0 Å². The molecule has 0 aromatic carbocycles. The SMILES string of the molecule is N#Cc1cc(N)ncc1F. The Hall–Kier alpha value is -1.63. The van der Waals surface area contributed by atoms with Gasteiger partial charge in [-0.05, 0) is 0 Å². The lowest BCUT2D eigenvalue weighted by Gasteiger charge is -1.92. The molecule has 1 rings (SSSR count). The molecule has 0 spiro atoms.